The van der Waals surface area contributed by atoms with Crippen LogP contribution in [-0.2, 0) is 0 Å². The smallest absolute Gasteiger partial charge is 0.0278 e. The van der Waals surface area contributed by atoms with Crippen LogP contribution in [0.3, 0.4) is 0 Å². The summed E-state index contributed by atoms with van der Waals surface area (Å²) in [6.45, 7) is 5.67. The SMILES string of the molecule is [CH2+]C(C)I. The van der Waals surface area contributed by atoms with E-state index in [4.69, 9.17) is 0 Å². The van der Waals surface area contributed by atoms with Crippen LogP contribution in [0.2, 0.25) is 0 Å². The van der Waals surface area contributed by atoms with Crippen LogP contribution < -0.4 is 0 Å². The maximum absolute atomic E-state index is 3.63. The molecule has 0 fully saturated rings. The lowest BCUT2D eigenvalue weighted by molar-refractivity contribution is 1.30. The van der Waals surface area contributed by atoms with E-state index < -0.39 is 0 Å². The van der Waals surface area contributed by atoms with Crippen molar-refractivity contribution in [2.45, 2.75) is 10.8 Å². The van der Waals surface area contributed by atoms with E-state index in [1.165, 1.54) is 0 Å². The van der Waals surface area contributed by atoms with E-state index in [0.717, 1.165) is 0 Å². The molecular weight excluding hydrogens is 163 g/mol. The molecule has 0 aromatic heterocycles. The van der Waals surface area contributed by atoms with Gasteiger partial charge in [0.15, 0.2) is 0 Å². The topological polar surface area (TPSA) is 0 Å². The first-order valence-corrected chi connectivity index (χ1v) is 2.45. The Bertz CT molecular complexity index is 8.00. The van der Waals surface area contributed by atoms with Gasteiger partial charge in [-0.15, -0.1) is 0 Å². The predicted molar refractivity (Wildman–Crippen MR) is 28.8 cm³/mol. The van der Waals surface area contributed by atoms with Crippen LogP contribution in [0.5, 0.6) is 0 Å². The van der Waals surface area contributed by atoms with Crippen LogP contribution in [0.25, 0.3) is 0 Å². The van der Waals surface area contributed by atoms with E-state index in [1.54, 1.807) is 0 Å². The van der Waals surface area contributed by atoms with Crippen LogP contribution in [0.4, 0.5) is 0 Å². The lowest BCUT2D eigenvalue weighted by atomic mass is 10.6. The van der Waals surface area contributed by atoms with Gasteiger partial charge in [0.2, 0.25) is 0 Å². The Hall–Kier alpha value is 0.600. The van der Waals surface area contributed by atoms with Gasteiger partial charge in [0.25, 0.3) is 0 Å². The Morgan fingerprint density at radius 2 is 2.00 bits per heavy atom. The highest BCUT2D eigenvalue weighted by atomic mass is 127. The third-order valence-corrected chi connectivity index (χ3v) is 0. The summed E-state index contributed by atoms with van der Waals surface area (Å²) in [6.07, 6.45) is 0. The standard InChI is InChI=1S/C3H6I/c1-3(2)4/h3H,1H2,2H3/q+1. The summed E-state index contributed by atoms with van der Waals surface area (Å²) in [5.74, 6) is 0. The molecule has 0 aromatic carbocycles. The minimum absolute atomic E-state index is 0.553. The van der Waals surface area contributed by atoms with Crippen molar-refractivity contribution in [2.24, 2.45) is 0 Å². The summed E-state index contributed by atoms with van der Waals surface area (Å²) < 4.78 is 0.553. The molecule has 0 spiro atoms. The zero-order valence-electron chi connectivity index (χ0n) is 2.66. The molecule has 0 rings (SSSR count). The lowest BCUT2D eigenvalue weighted by Crippen LogP contribution is -1.70. The summed E-state index contributed by atoms with van der Waals surface area (Å²) in [5.41, 5.74) is 0. The van der Waals surface area contributed by atoms with Crippen molar-refractivity contribution < 1.29 is 0 Å². The summed E-state index contributed by atoms with van der Waals surface area (Å²) >= 11 is 2.23. The van der Waals surface area contributed by atoms with Crippen LogP contribution in [-0.4, -0.2) is 3.92 Å². The maximum atomic E-state index is 3.63. The van der Waals surface area contributed by atoms with Crippen LogP contribution >= 0.6 is 22.6 Å². The Balaban J connectivity index is 2.32. The van der Waals surface area contributed by atoms with Crippen molar-refractivity contribution in [2.75, 3.05) is 0 Å². The molecule has 0 saturated heterocycles. The Kier molecular flexibility index (Phi) is 2.16. The molecule has 24 valence electrons. The highest BCUT2D eigenvalue weighted by molar-refractivity contribution is 14.1. The molecule has 0 saturated carbocycles. The number of hydrogen-bond donors (Lipinski definition) is 0. The quantitative estimate of drug-likeness (QED) is 0.293. The predicted octanol–water partition coefficient (Wildman–Crippen LogP) is 1.64. The zero-order chi connectivity index (χ0) is 3.58. The number of alkyl halides is 1. The molecule has 0 amide bonds. The van der Waals surface area contributed by atoms with Gasteiger partial charge in [-0.2, -0.15) is 0 Å². The summed E-state index contributed by atoms with van der Waals surface area (Å²) in [4.78, 5) is 0. The average Bonchev–Trinajstić information content (AvgIpc) is 0.811. The largest absolute Gasteiger partial charge is 0.142 e. The molecule has 0 aliphatic heterocycles. The summed E-state index contributed by atoms with van der Waals surface area (Å²) in [7, 11) is 0. The van der Waals surface area contributed by atoms with Crippen molar-refractivity contribution in [1.82, 2.24) is 0 Å². The van der Waals surface area contributed by atoms with Gasteiger partial charge in [-0.3, -0.25) is 0 Å². The maximum Gasteiger partial charge on any atom is 0.142 e. The number of halogens is 1. The molecule has 1 atom stereocenters. The fourth-order valence-electron chi connectivity index (χ4n) is 0. The van der Waals surface area contributed by atoms with Gasteiger partial charge in [-0.1, -0.05) is 0 Å². The first kappa shape index (κ1) is 4.60. The monoisotopic (exact) mass is 169 g/mol. The molecule has 0 aromatic rings. The minimum atomic E-state index is 0.553. The first-order chi connectivity index (χ1) is 1.73. The van der Waals surface area contributed by atoms with Crippen molar-refractivity contribution in [3.63, 3.8) is 0 Å². The van der Waals surface area contributed by atoms with Crippen LogP contribution in [0.15, 0.2) is 0 Å². The Labute approximate surface area is 40.7 Å². The average molecular weight is 169 g/mol. The Morgan fingerprint density at radius 3 is 2.00 bits per heavy atom. The summed E-state index contributed by atoms with van der Waals surface area (Å²) in [6, 6.07) is 0. The fraction of sp³-hybridized carbons (Fsp3) is 0.667. The van der Waals surface area contributed by atoms with Gasteiger partial charge in [0, 0.05) is 0 Å². The molecule has 0 N–H and O–H groups in total. The third kappa shape index (κ3) is 18.5. The zero-order valence-corrected chi connectivity index (χ0v) is 4.82. The van der Waals surface area contributed by atoms with E-state index in [2.05, 4.69) is 29.5 Å². The van der Waals surface area contributed by atoms with Gasteiger partial charge in [-0.05, 0) is 29.5 Å². The highest BCUT2D eigenvalue weighted by Crippen LogP contribution is 1.90. The van der Waals surface area contributed by atoms with Gasteiger partial charge in [0.1, 0.15) is 3.92 Å². The lowest BCUT2D eigenvalue weighted by Gasteiger charge is -1.66. The number of rotatable bonds is 0. The molecule has 0 aliphatic rings. The van der Waals surface area contributed by atoms with Crippen molar-refractivity contribution in [3.8, 4) is 0 Å². The molecular formula is C3H6I+. The van der Waals surface area contributed by atoms with E-state index in [9.17, 15) is 0 Å². The molecule has 1 unspecified atom stereocenters. The second kappa shape index (κ2) is 1.88. The fourth-order valence-corrected chi connectivity index (χ4v) is 0. The highest BCUT2D eigenvalue weighted by Gasteiger charge is 1.81. The van der Waals surface area contributed by atoms with E-state index in [0.29, 0.717) is 3.92 Å². The molecule has 0 bridgehead atoms. The van der Waals surface area contributed by atoms with Gasteiger partial charge in [0.05, 0.1) is 6.92 Å². The van der Waals surface area contributed by atoms with Crippen LogP contribution in [0.1, 0.15) is 6.92 Å². The van der Waals surface area contributed by atoms with Gasteiger partial charge in [-0.25, -0.2) is 0 Å². The first-order valence-electron chi connectivity index (χ1n) is 1.20. The molecule has 1 heteroatoms. The molecule has 0 heterocycles. The molecule has 4 heavy (non-hydrogen) atoms. The van der Waals surface area contributed by atoms with Gasteiger partial charge >= 0.3 is 0 Å². The van der Waals surface area contributed by atoms with E-state index >= 15 is 0 Å². The second-order valence-electron chi connectivity index (χ2n) is 0.781. The van der Waals surface area contributed by atoms with Crippen molar-refractivity contribution in [3.05, 3.63) is 6.92 Å². The summed E-state index contributed by atoms with van der Waals surface area (Å²) in [5, 5.41) is 0. The van der Waals surface area contributed by atoms with Crippen molar-refractivity contribution >= 4 is 22.6 Å². The van der Waals surface area contributed by atoms with Gasteiger partial charge < -0.3 is 0 Å². The number of hydrogen-bond acceptors (Lipinski definition) is 0. The molecule has 0 aliphatic carbocycles. The molecule has 0 radical (unpaired) electrons. The van der Waals surface area contributed by atoms with E-state index in [-0.39, 0.29) is 0 Å². The minimum Gasteiger partial charge on any atom is -0.0278 e. The molecule has 0 nitrogen and oxygen atoms in total. The van der Waals surface area contributed by atoms with E-state index in [1.807, 2.05) is 6.92 Å². The van der Waals surface area contributed by atoms with Crippen molar-refractivity contribution in [1.29, 1.82) is 0 Å². The third-order valence-electron chi connectivity index (χ3n) is 0. The Morgan fingerprint density at radius 1 is 2.00 bits per heavy atom. The normalized spacial score (nSPS) is 15.5. The second-order valence-corrected chi connectivity index (χ2v) is 2.91. The van der Waals surface area contributed by atoms with Crippen LogP contribution in [0, 0.1) is 6.92 Å².